The number of pyridine rings is 1. The van der Waals surface area contributed by atoms with Gasteiger partial charge < -0.3 is 16.0 Å². The number of rotatable bonds is 4. The van der Waals surface area contributed by atoms with Crippen LogP contribution in [0.4, 0.5) is 14.5 Å². The lowest BCUT2D eigenvalue weighted by Gasteiger charge is -2.61. The number of hydrogen-bond donors (Lipinski definition) is 2. The summed E-state index contributed by atoms with van der Waals surface area (Å²) in [6, 6.07) is 3.42. The van der Waals surface area contributed by atoms with Crippen LogP contribution in [-0.4, -0.2) is 35.1 Å². The van der Waals surface area contributed by atoms with Gasteiger partial charge in [-0.15, -0.1) is 0 Å². The lowest BCUT2D eigenvalue weighted by molar-refractivity contribution is -0.0438. The first-order chi connectivity index (χ1) is 14.1. The molecule has 0 unspecified atom stereocenters. The Kier molecular flexibility index (Phi) is 4.19. The molecule has 6 rings (SSSR count). The summed E-state index contributed by atoms with van der Waals surface area (Å²) in [6.45, 7) is 4.98. The summed E-state index contributed by atoms with van der Waals surface area (Å²) < 4.78 is 28.1. The number of hydrogen-bond acceptors (Lipinski definition) is 4. The van der Waals surface area contributed by atoms with Crippen molar-refractivity contribution in [3.8, 4) is 11.1 Å². The number of anilines is 1. The molecular weight excluding hydrogens is 386 g/mol. The second-order valence-electron chi connectivity index (χ2n) is 9.68. The van der Waals surface area contributed by atoms with E-state index in [1.54, 1.807) is 13.1 Å². The second kappa shape index (κ2) is 6.48. The van der Waals surface area contributed by atoms with Gasteiger partial charge >= 0.3 is 0 Å². The zero-order valence-electron chi connectivity index (χ0n) is 17.3. The molecule has 1 aliphatic heterocycles. The van der Waals surface area contributed by atoms with Crippen molar-refractivity contribution in [3.05, 3.63) is 47.3 Å². The van der Waals surface area contributed by atoms with Crippen molar-refractivity contribution in [1.29, 1.82) is 0 Å². The number of aryl methyl sites for hydroxylation is 1. The highest BCUT2D eigenvalue weighted by molar-refractivity contribution is 6.04. The molecule has 3 aliphatic carbocycles. The van der Waals surface area contributed by atoms with Crippen molar-refractivity contribution >= 4 is 11.6 Å². The molecule has 1 atom stereocenters. The second-order valence-corrected chi connectivity index (χ2v) is 9.68. The van der Waals surface area contributed by atoms with Crippen molar-refractivity contribution in [2.24, 2.45) is 11.7 Å². The van der Waals surface area contributed by atoms with Gasteiger partial charge in [0.2, 0.25) is 0 Å². The fourth-order valence-corrected chi connectivity index (χ4v) is 5.25. The molecule has 7 heteroatoms. The quantitative estimate of drug-likeness (QED) is 0.806. The van der Waals surface area contributed by atoms with Crippen molar-refractivity contribution in [3.63, 3.8) is 0 Å². The van der Waals surface area contributed by atoms with Crippen molar-refractivity contribution in [2.75, 3.05) is 18.0 Å². The monoisotopic (exact) mass is 412 g/mol. The fraction of sp³-hybridized carbons (Fsp3) is 0.478. The predicted octanol–water partition coefficient (Wildman–Crippen LogP) is 3.55. The minimum Gasteiger partial charge on any atom is -0.368 e. The number of halogens is 2. The number of amides is 1. The number of aromatic nitrogens is 1. The van der Waals surface area contributed by atoms with Crippen molar-refractivity contribution in [2.45, 2.75) is 50.6 Å². The van der Waals surface area contributed by atoms with Crippen LogP contribution in [0.5, 0.6) is 0 Å². The van der Waals surface area contributed by atoms with Gasteiger partial charge in [-0.1, -0.05) is 0 Å². The van der Waals surface area contributed by atoms with Gasteiger partial charge in [-0.25, -0.2) is 8.78 Å². The van der Waals surface area contributed by atoms with Gasteiger partial charge in [-0.2, -0.15) is 0 Å². The van der Waals surface area contributed by atoms with E-state index in [-0.39, 0.29) is 11.4 Å². The number of carbonyl (C=O) groups is 1. The largest absolute Gasteiger partial charge is 0.368 e. The summed E-state index contributed by atoms with van der Waals surface area (Å²) in [4.78, 5) is 19.8. The van der Waals surface area contributed by atoms with Gasteiger partial charge in [0.15, 0.2) is 0 Å². The molecule has 1 aromatic carbocycles. The number of nitrogens with zero attached hydrogens (tertiary/aromatic N) is 2. The molecule has 2 bridgehead atoms. The molecular formula is C23H26F2N4O. The van der Waals surface area contributed by atoms with Gasteiger partial charge in [-0.3, -0.25) is 9.78 Å². The smallest absolute Gasteiger partial charge is 0.255 e. The van der Waals surface area contributed by atoms with E-state index in [1.807, 2.05) is 6.92 Å². The van der Waals surface area contributed by atoms with Crippen molar-refractivity contribution in [1.82, 2.24) is 10.3 Å². The van der Waals surface area contributed by atoms with E-state index in [9.17, 15) is 13.6 Å². The third-order valence-corrected chi connectivity index (χ3v) is 6.87. The van der Waals surface area contributed by atoms with Crippen LogP contribution >= 0.6 is 0 Å². The molecule has 4 aliphatic rings. The highest BCUT2D eigenvalue weighted by Gasteiger charge is 2.57. The number of nitrogens with two attached hydrogens (primary N) is 1. The molecule has 4 fully saturated rings. The summed E-state index contributed by atoms with van der Waals surface area (Å²) in [5.74, 6) is -0.768. The zero-order valence-corrected chi connectivity index (χ0v) is 17.3. The van der Waals surface area contributed by atoms with Gasteiger partial charge in [-0.05, 0) is 63.1 Å². The van der Waals surface area contributed by atoms with E-state index in [2.05, 4.69) is 15.2 Å². The molecule has 0 radical (unpaired) electrons. The molecule has 2 aromatic rings. The summed E-state index contributed by atoms with van der Waals surface area (Å²) in [5, 5.41) is 3.20. The molecule has 1 aromatic heterocycles. The molecule has 1 amide bonds. The summed E-state index contributed by atoms with van der Waals surface area (Å²) >= 11 is 0. The molecule has 30 heavy (non-hydrogen) atoms. The van der Waals surface area contributed by atoms with E-state index < -0.39 is 17.2 Å². The van der Waals surface area contributed by atoms with Crippen LogP contribution in [-0.2, 0) is 0 Å². The highest BCUT2D eigenvalue weighted by atomic mass is 19.1. The first-order valence-electron chi connectivity index (χ1n) is 10.5. The maximum atomic E-state index is 14.0. The Labute approximate surface area is 174 Å². The Hall–Kier alpha value is -2.54. The van der Waals surface area contributed by atoms with Crippen LogP contribution in [0.3, 0.4) is 0 Å². The van der Waals surface area contributed by atoms with E-state index in [4.69, 9.17) is 5.73 Å². The number of nitrogens with one attached hydrogen (secondary N) is 1. The van der Waals surface area contributed by atoms with Gasteiger partial charge in [0.05, 0.1) is 11.3 Å². The maximum absolute atomic E-state index is 14.0. The molecule has 158 valence electrons. The Bertz CT molecular complexity index is 1010. The molecule has 3 saturated carbocycles. The van der Waals surface area contributed by atoms with Gasteiger partial charge in [0, 0.05) is 47.7 Å². The van der Waals surface area contributed by atoms with E-state index in [0.717, 1.165) is 37.7 Å². The molecule has 5 nitrogen and oxygen atoms in total. The standard InChI is InChI=1S/C23H26F2N4O/c1-13-19(15-5-16(24)7-17(25)6-15)20(29-4-3-22(2,26)12-29)18(11-27-13)21(30)28-23-8-14(9-23)10-23/h5-7,11,14H,3-4,8-10,12,26H2,1-2H3,(H,28,30)/t14?,22-,23?/m0/s1. The average Bonchev–Trinajstić information content (AvgIpc) is 2.95. The summed E-state index contributed by atoms with van der Waals surface area (Å²) in [7, 11) is 0. The molecule has 0 spiro atoms. The van der Waals surface area contributed by atoms with Crippen LogP contribution in [0.1, 0.15) is 48.7 Å². The third-order valence-electron chi connectivity index (χ3n) is 6.87. The average molecular weight is 412 g/mol. The lowest BCUT2D eigenvalue weighted by Crippen LogP contribution is -2.68. The number of benzene rings is 1. The van der Waals surface area contributed by atoms with E-state index in [0.29, 0.717) is 41.2 Å². The summed E-state index contributed by atoms with van der Waals surface area (Å²) in [5.41, 5.74) is 8.55. The SMILES string of the molecule is Cc1ncc(C(=O)NC23CC(C2)C3)c(N2CC[C@](C)(N)C2)c1-c1cc(F)cc(F)c1. The van der Waals surface area contributed by atoms with Crippen LogP contribution < -0.4 is 16.0 Å². The molecule has 1 saturated heterocycles. The minimum absolute atomic E-state index is 0.0809. The van der Waals surface area contributed by atoms with Crippen LogP contribution in [0.25, 0.3) is 11.1 Å². The Morgan fingerprint density at radius 3 is 2.43 bits per heavy atom. The Balaban J connectivity index is 1.64. The predicted molar refractivity (Wildman–Crippen MR) is 111 cm³/mol. The first kappa shape index (κ1) is 19.4. The van der Waals surface area contributed by atoms with E-state index >= 15 is 0 Å². The van der Waals surface area contributed by atoms with Gasteiger partial charge in [0.25, 0.3) is 5.91 Å². The normalized spacial score (nSPS) is 29.4. The summed E-state index contributed by atoms with van der Waals surface area (Å²) in [6.07, 6.45) is 5.43. The van der Waals surface area contributed by atoms with Crippen LogP contribution in [0, 0.1) is 24.5 Å². The molecule has 2 heterocycles. The Morgan fingerprint density at radius 2 is 1.90 bits per heavy atom. The van der Waals surface area contributed by atoms with Crippen LogP contribution in [0.2, 0.25) is 0 Å². The topological polar surface area (TPSA) is 71.2 Å². The van der Waals surface area contributed by atoms with Gasteiger partial charge in [0.1, 0.15) is 11.6 Å². The Morgan fingerprint density at radius 1 is 1.23 bits per heavy atom. The van der Waals surface area contributed by atoms with E-state index in [1.165, 1.54) is 12.1 Å². The molecule has 3 N–H and O–H groups in total. The lowest BCUT2D eigenvalue weighted by atomic mass is 9.50. The minimum atomic E-state index is -0.663. The highest BCUT2D eigenvalue weighted by Crippen LogP contribution is 2.57. The zero-order chi connectivity index (χ0) is 21.3. The fourth-order valence-electron chi connectivity index (χ4n) is 5.25. The first-order valence-corrected chi connectivity index (χ1v) is 10.5. The van der Waals surface area contributed by atoms with Crippen molar-refractivity contribution < 1.29 is 13.6 Å². The van der Waals surface area contributed by atoms with Crippen LogP contribution in [0.15, 0.2) is 24.4 Å². The number of carbonyl (C=O) groups excluding carboxylic acids is 1. The maximum Gasteiger partial charge on any atom is 0.255 e. The third kappa shape index (κ3) is 3.16.